The van der Waals surface area contributed by atoms with Crippen LogP contribution in [-0.2, 0) is 34.5 Å². The molecule has 0 atom stereocenters. The molecule has 0 aliphatic rings. The molecular weight excluding hydrogens is 778 g/mol. The summed E-state index contributed by atoms with van der Waals surface area (Å²) in [7, 11) is -13.4. The Morgan fingerprint density at radius 1 is 0.849 bits per heavy atom. The molecule has 0 spiro atoms. The van der Waals surface area contributed by atoms with Crippen molar-refractivity contribution in [2.45, 2.75) is 23.6 Å². The van der Waals surface area contributed by atoms with Gasteiger partial charge in [-0.15, -0.1) is 5.11 Å². The fourth-order valence-corrected chi connectivity index (χ4v) is 7.32. The quantitative estimate of drug-likeness (QED) is 0.0630. The molecule has 53 heavy (non-hydrogen) atoms. The minimum Gasteiger partial charge on any atom is -0.351 e. The third-order valence-electron chi connectivity index (χ3n) is 7.07. The van der Waals surface area contributed by atoms with E-state index in [4.69, 9.17) is 21.9 Å². The molecule has 0 unspecified atom stereocenters. The maximum atomic E-state index is 12.7. The third-order valence-corrected chi connectivity index (χ3v) is 10.3. The van der Waals surface area contributed by atoms with E-state index >= 15 is 0 Å². The minimum atomic E-state index is -4.82. The van der Waals surface area contributed by atoms with Gasteiger partial charge in [0.15, 0.2) is 9.84 Å². The number of hydrogen-bond acceptors (Lipinski definition) is 15. The molecule has 0 bridgehead atoms. The van der Waals surface area contributed by atoms with Crippen molar-refractivity contribution in [3.63, 3.8) is 0 Å². The SMILES string of the molecule is Cc1cc(S(=O)(=O)O)c2cc(N=Nc3ccc(Nc4nc(Cl)nc(Nc5cccc(S(=O)(=O)CCOS(=O)(=O)O)c5)n4)cc3NC(N)=O)c(C)cc2c1. The van der Waals surface area contributed by atoms with Crippen molar-refractivity contribution in [2.24, 2.45) is 16.0 Å². The van der Waals surface area contributed by atoms with Gasteiger partial charge in [-0.1, -0.05) is 12.1 Å². The normalized spacial score (nSPS) is 12.2. The van der Waals surface area contributed by atoms with Gasteiger partial charge in [-0.3, -0.25) is 9.11 Å². The lowest BCUT2D eigenvalue weighted by atomic mass is 10.0. The Morgan fingerprint density at radius 2 is 1.51 bits per heavy atom. The second-order valence-electron chi connectivity index (χ2n) is 11.1. The minimum absolute atomic E-state index is 0.0743. The molecule has 0 saturated heterocycles. The first-order chi connectivity index (χ1) is 24.8. The van der Waals surface area contributed by atoms with E-state index in [-0.39, 0.29) is 55.1 Å². The molecule has 1 aromatic heterocycles. The summed E-state index contributed by atoms with van der Waals surface area (Å²) in [5.74, 6) is -0.916. The molecule has 0 saturated carbocycles. The second kappa shape index (κ2) is 15.3. The Bertz CT molecular complexity index is 2630. The number of rotatable bonds is 13. The summed E-state index contributed by atoms with van der Waals surface area (Å²) in [6, 6.07) is 15.2. The predicted molar refractivity (Wildman–Crippen MR) is 194 cm³/mol. The number of benzene rings is 4. The summed E-state index contributed by atoms with van der Waals surface area (Å²) in [4.78, 5) is 23.7. The molecule has 23 heteroatoms. The molecule has 278 valence electrons. The van der Waals surface area contributed by atoms with E-state index in [2.05, 4.69) is 45.3 Å². The number of hydrogen-bond donors (Lipinski definition) is 6. The Morgan fingerprint density at radius 3 is 2.15 bits per heavy atom. The lowest BCUT2D eigenvalue weighted by Gasteiger charge is -2.12. The summed E-state index contributed by atoms with van der Waals surface area (Å²) >= 11 is 6.13. The number of anilines is 5. The van der Waals surface area contributed by atoms with Gasteiger partial charge in [0.05, 0.1) is 28.6 Å². The van der Waals surface area contributed by atoms with E-state index in [9.17, 15) is 34.6 Å². The van der Waals surface area contributed by atoms with Crippen LogP contribution in [0.25, 0.3) is 10.8 Å². The fourth-order valence-electron chi connectivity index (χ4n) is 4.84. The monoisotopic (exact) mass is 805 g/mol. The number of urea groups is 1. The fraction of sp³-hybridized carbons (Fsp3) is 0.133. The molecular formula is C30H28ClN9O10S3. The zero-order chi connectivity index (χ0) is 38.7. The Balaban J connectivity index is 1.39. The number of nitrogens with zero attached hydrogens (tertiary/aromatic N) is 5. The van der Waals surface area contributed by atoms with E-state index < -0.39 is 48.7 Å². The van der Waals surface area contributed by atoms with Gasteiger partial charge in [-0.2, -0.15) is 36.9 Å². The van der Waals surface area contributed by atoms with Crippen LogP contribution in [0.5, 0.6) is 0 Å². The number of nitrogens with one attached hydrogen (secondary N) is 3. The smallest absolute Gasteiger partial charge is 0.351 e. The van der Waals surface area contributed by atoms with E-state index in [1.165, 1.54) is 54.6 Å². The van der Waals surface area contributed by atoms with Crippen LogP contribution in [0.15, 0.2) is 86.7 Å². The molecule has 7 N–H and O–H groups in total. The predicted octanol–water partition coefficient (Wildman–Crippen LogP) is 5.53. The first-order valence-corrected chi connectivity index (χ1v) is 19.6. The van der Waals surface area contributed by atoms with Gasteiger partial charge < -0.3 is 21.7 Å². The van der Waals surface area contributed by atoms with Crippen molar-refractivity contribution in [2.75, 3.05) is 28.3 Å². The van der Waals surface area contributed by atoms with Gasteiger partial charge in [0.1, 0.15) is 10.6 Å². The van der Waals surface area contributed by atoms with Gasteiger partial charge in [0.2, 0.25) is 17.2 Å². The van der Waals surface area contributed by atoms with Crippen LogP contribution in [0.1, 0.15) is 11.1 Å². The largest absolute Gasteiger partial charge is 0.397 e. The van der Waals surface area contributed by atoms with E-state index in [1.807, 2.05) is 0 Å². The van der Waals surface area contributed by atoms with Crippen molar-refractivity contribution in [3.8, 4) is 0 Å². The van der Waals surface area contributed by atoms with Crippen molar-refractivity contribution < 1.29 is 43.3 Å². The van der Waals surface area contributed by atoms with Crippen molar-refractivity contribution in [1.82, 2.24) is 15.0 Å². The molecule has 0 radical (unpaired) electrons. The van der Waals surface area contributed by atoms with Gasteiger partial charge in [0.25, 0.3) is 10.1 Å². The zero-order valence-corrected chi connectivity index (χ0v) is 30.5. The maximum Gasteiger partial charge on any atom is 0.397 e. The molecule has 1 heterocycles. The highest BCUT2D eigenvalue weighted by Crippen LogP contribution is 2.35. The van der Waals surface area contributed by atoms with Crippen LogP contribution in [0.4, 0.5) is 45.1 Å². The highest BCUT2D eigenvalue weighted by molar-refractivity contribution is 7.91. The molecule has 2 amide bonds. The topological polar surface area (TPSA) is 295 Å². The molecule has 4 aromatic carbocycles. The summed E-state index contributed by atoms with van der Waals surface area (Å²) in [6.07, 6.45) is 0. The van der Waals surface area contributed by atoms with Crippen molar-refractivity contribution >= 4 is 99.1 Å². The molecule has 0 aliphatic carbocycles. The van der Waals surface area contributed by atoms with Crippen LogP contribution >= 0.6 is 11.6 Å². The van der Waals surface area contributed by atoms with E-state index in [0.29, 0.717) is 22.2 Å². The second-order valence-corrected chi connectivity index (χ2v) is 16.0. The molecule has 19 nitrogen and oxygen atoms in total. The lowest BCUT2D eigenvalue weighted by molar-refractivity contribution is 0.259. The van der Waals surface area contributed by atoms with Crippen molar-refractivity contribution in [3.05, 3.63) is 83.1 Å². The molecule has 5 aromatic rings. The third kappa shape index (κ3) is 10.4. The summed E-state index contributed by atoms with van der Waals surface area (Å²) in [5.41, 5.74) is 7.74. The molecule has 0 fully saturated rings. The summed E-state index contributed by atoms with van der Waals surface area (Å²) in [6.45, 7) is 2.64. The Labute approximate surface area is 307 Å². The van der Waals surface area contributed by atoms with Crippen LogP contribution in [-0.4, -0.2) is 67.7 Å². The summed E-state index contributed by atoms with van der Waals surface area (Å²) in [5, 5.41) is 17.2. The van der Waals surface area contributed by atoms with E-state index in [1.54, 1.807) is 26.0 Å². The van der Waals surface area contributed by atoms with Gasteiger partial charge >= 0.3 is 16.4 Å². The van der Waals surface area contributed by atoms with Gasteiger partial charge in [-0.05, 0) is 96.6 Å². The van der Waals surface area contributed by atoms with Gasteiger partial charge in [0, 0.05) is 16.8 Å². The van der Waals surface area contributed by atoms with Crippen molar-refractivity contribution in [1.29, 1.82) is 0 Å². The van der Waals surface area contributed by atoms with E-state index in [0.717, 1.165) is 0 Å². The van der Waals surface area contributed by atoms with Gasteiger partial charge in [-0.25, -0.2) is 17.4 Å². The van der Waals surface area contributed by atoms with Crippen LogP contribution in [0, 0.1) is 13.8 Å². The Kier molecular flexibility index (Phi) is 11.2. The average molecular weight is 806 g/mol. The number of azo groups is 1. The highest BCUT2D eigenvalue weighted by Gasteiger charge is 2.19. The number of halogens is 1. The van der Waals surface area contributed by atoms with Crippen LogP contribution in [0.2, 0.25) is 5.28 Å². The first kappa shape index (κ1) is 38.9. The number of sulfone groups is 1. The Hall–Kier alpha value is -5.36. The summed E-state index contributed by atoms with van der Waals surface area (Å²) < 4.78 is 93.6. The number of amides is 2. The first-order valence-electron chi connectivity index (χ1n) is 14.8. The maximum absolute atomic E-state index is 12.7. The number of carbonyl (C=O) groups excluding carboxylic acids is 1. The number of aromatic nitrogens is 3. The standard InChI is InChI=1S/C30H28ClN9O10S3/c1-16-10-18-12-17(2)24(15-22(18)26(11-16)52(44,45)46)40-39-23-7-6-20(14-25(23)35-28(32)41)34-30-37-27(31)36-29(38-30)33-19-4-3-5-21(13-19)51(42,43)9-8-50-53(47,48)49/h3-7,10-15H,8-9H2,1-2H3,(H3,32,35,41)(H,44,45,46)(H,47,48,49)(H2,33,34,36,37,38). The number of nitrogens with two attached hydrogens (primary N) is 1. The average Bonchev–Trinajstić information content (AvgIpc) is 3.02. The lowest BCUT2D eigenvalue weighted by Crippen LogP contribution is -2.19. The molecule has 5 rings (SSSR count). The number of primary amides is 1. The van der Waals surface area contributed by atoms with Crippen LogP contribution in [0.3, 0.4) is 0 Å². The molecule has 0 aliphatic heterocycles. The number of carbonyl (C=O) groups is 1. The number of fused-ring (bicyclic) bond motifs is 1. The highest BCUT2D eigenvalue weighted by atomic mass is 35.5. The zero-order valence-electron chi connectivity index (χ0n) is 27.3. The van der Waals surface area contributed by atoms with Crippen LogP contribution < -0.4 is 21.7 Å². The number of aryl methyl sites for hydroxylation is 2.